The molecule has 0 aliphatic carbocycles. The number of hydrogen-bond donors (Lipinski definition) is 1. The van der Waals surface area contributed by atoms with E-state index in [4.69, 9.17) is 10.4 Å². The third kappa shape index (κ3) is 7.08. The van der Waals surface area contributed by atoms with Crippen molar-refractivity contribution >= 4 is 9.84 Å². The summed E-state index contributed by atoms with van der Waals surface area (Å²) in [6, 6.07) is 8.61. The van der Waals surface area contributed by atoms with Gasteiger partial charge in [0.1, 0.15) is 11.6 Å². The van der Waals surface area contributed by atoms with Crippen LogP contribution in [0.15, 0.2) is 41.3 Å². The molecule has 1 N–H and O–H groups in total. The fraction of sp³-hybridized carbons (Fsp3) is 0.350. The summed E-state index contributed by atoms with van der Waals surface area (Å²) in [4.78, 5) is -0.0275. The molecule has 0 unspecified atom stereocenters. The standard InChI is InChI=1S/C14H9F2NO2S.C6H14O/c1-20(18,19)11-3-5-12(9(6-11)8-17)13-4-2-10(15)7-14(13)16;1-2-3-4-5-6-7/h2-7H,1H3;7H,2-6H2,1H3. The van der Waals surface area contributed by atoms with Crippen LogP contribution in [0.3, 0.4) is 0 Å². The Labute approximate surface area is 159 Å². The zero-order valence-corrected chi connectivity index (χ0v) is 16.2. The fourth-order valence-electron chi connectivity index (χ4n) is 2.33. The maximum Gasteiger partial charge on any atom is 0.175 e. The highest BCUT2D eigenvalue weighted by molar-refractivity contribution is 7.90. The average Bonchev–Trinajstić information content (AvgIpc) is 2.61. The minimum absolute atomic E-state index is 0.0124. The van der Waals surface area contributed by atoms with Gasteiger partial charge >= 0.3 is 0 Å². The van der Waals surface area contributed by atoms with Gasteiger partial charge in [0.05, 0.1) is 16.5 Å². The predicted molar refractivity (Wildman–Crippen MR) is 101 cm³/mol. The Morgan fingerprint density at radius 1 is 1.04 bits per heavy atom. The van der Waals surface area contributed by atoms with Crippen molar-refractivity contribution in [2.75, 3.05) is 12.9 Å². The topological polar surface area (TPSA) is 78.2 Å². The highest BCUT2D eigenvalue weighted by atomic mass is 32.2. The molecule has 0 saturated heterocycles. The Balaban J connectivity index is 0.000000445. The number of hydrogen-bond acceptors (Lipinski definition) is 4. The lowest BCUT2D eigenvalue weighted by Gasteiger charge is -2.07. The van der Waals surface area contributed by atoms with Gasteiger partial charge < -0.3 is 5.11 Å². The number of sulfone groups is 1. The van der Waals surface area contributed by atoms with E-state index in [1.54, 1.807) is 0 Å². The third-order valence-corrected chi connectivity index (χ3v) is 4.88. The molecule has 27 heavy (non-hydrogen) atoms. The van der Waals surface area contributed by atoms with Gasteiger partial charge in [-0.2, -0.15) is 5.26 Å². The molecule has 0 atom stereocenters. The summed E-state index contributed by atoms with van der Waals surface area (Å²) in [5.74, 6) is -1.54. The first-order chi connectivity index (χ1) is 12.7. The first kappa shape index (κ1) is 22.7. The molecule has 0 spiro atoms. The van der Waals surface area contributed by atoms with Crippen molar-refractivity contribution in [3.05, 3.63) is 53.6 Å². The van der Waals surface area contributed by atoms with Crippen LogP contribution in [0.4, 0.5) is 8.78 Å². The van der Waals surface area contributed by atoms with Crippen molar-refractivity contribution in [1.29, 1.82) is 5.26 Å². The summed E-state index contributed by atoms with van der Waals surface area (Å²) >= 11 is 0. The van der Waals surface area contributed by atoms with E-state index in [-0.39, 0.29) is 21.6 Å². The van der Waals surface area contributed by atoms with Crippen LogP contribution in [0.25, 0.3) is 11.1 Å². The summed E-state index contributed by atoms with van der Waals surface area (Å²) in [6.07, 6.45) is 5.70. The fourth-order valence-corrected chi connectivity index (χ4v) is 2.98. The smallest absolute Gasteiger partial charge is 0.175 e. The van der Waals surface area contributed by atoms with E-state index >= 15 is 0 Å². The van der Waals surface area contributed by atoms with E-state index in [1.165, 1.54) is 43.5 Å². The molecule has 0 aliphatic heterocycles. The number of nitrogens with zero attached hydrogens (tertiary/aromatic N) is 1. The molecule has 0 fully saturated rings. The summed E-state index contributed by atoms with van der Waals surface area (Å²) in [5.41, 5.74) is 0.277. The van der Waals surface area contributed by atoms with Crippen LogP contribution in [0, 0.1) is 23.0 Å². The molecule has 0 aromatic heterocycles. The van der Waals surface area contributed by atoms with Gasteiger partial charge in [0, 0.05) is 30.1 Å². The maximum atomic E-state index is 13.7. The molecule has 4 nitrogen and oxygen atoms in total. The molecule has 0 saturated carbocycles. The third-order valence-electron chi connectivity index (χ3n) is 3.77. The van der Waals surface area contributed by atoms with Crippen LogP contribution in [-0.4, -0.2) is 26.4 Å². The Morgan fingerprint density at radius 2 is 1.70 bits per heavy atom. The van der Waals surface area contributed by atoms with Gasteiger partial charge in [0.2, 0.25) is 0 Å². The van der Waals surface area contributed by atoms with Gasteiger partial charge in [-0.3, -0.25) is 0 Å². The van der Waals surface area contributed by atoms with Crippen LogP contribution in [-0.2, 0) is 9.84 Å². The molecular weight excluding hydrogens is 372 g/mol. The van der Waals surface area contributed by atoms with Crippen LogP contribution < -0.4 is 0 Å². The minimum Gasteiger partial charge on any atom is -0.396 e. The van der Waals surface area contributed by atoms with Gasteiger partial charge in [0.15, 0.2) is 9.84 Å². The van der Waals surface area contributed by atoms with E-state index in [2.05, 4.69) is 6.92 Å². The van der Waals surface area contributed by atoms with E-state index in [1.807, 2.05) is 6.07 Å². The van der Waals surface area contributed by atoms with E-state index in [0.29, 0.717) is 12.7 Å². The summed E-state index contributed by atoms with van der Waals surface area (Å²) in [5, 5.41) is 17.4. The first-order valence-electron chi connectivity index (χ1n) is 8.55. The molecule has 0 heterocycles. The lowest BCUT2D eigenvalue weighted by Crippen LogP contribution is -1.99. The largest absolute Gasteiger partial charge is 0.396 e. The molecule has 2 rings (SSSR count). The number of rotatable bonds is 6. The van der Waals surface area contributed by atoms with Crippen LogP contribution in [0.5, 0.6) is 0 Å². The molecule has 2 aromatic rings. The number of benzene rings is 2. The first-order valence-corrected chi connectivity index (χ1v) is 10.4. The highest BCUT2D eigenvalue weighted by Gasteiger charge is 2.14. The zero-order chi connectivity index (χ0) is 20.4. The average molecular weight is 395 g/mol. The van der Waals surface area contributed by atoms with Crippen molar-refractivity contribution in [3.8, 4) is 17.2 Å². The summed E-state index contributed by atoms with van der Waals surface area (Å²) < 4.78 is 49.5. The van der Waals surface area contributed by atoms with Crippen LogP contribution in [0.2, 0.25) is 0 Å². The van der Waals surface area contributed by atoms with Crippen molar-refractivity contribution in [2.45, 2.75) is 37.5 Å². The predicted octanol–water partition coefficient (Wildman–Crippen LogP) is 4.47. The normalized spacial score (nSPS) is 10.7. The number of unbranched alkanes of at least 4 members (excludes halogenated alkanes) is 3. The number of aliphatic hydroxyl groups excluding tert-OH is 1. The second kappa shape index (κ2) is 10.8. The summed E-state index contributed by atoms with van der Waals surface area (Å²) in [7, 11) is -3.46. The Hall–Kier alpha value is -2.30. The Bertz CT molecular complexity index is 902. The van der Waals surface area contributed by atoms with Gasteiger partial charge in [-0.05, 0) is 30.7 Å². The van der Waals surface area contributed by atoms with Gasteiger partial charge in [-0.1, -0.05) is 32.3 Å². The zero-order valence-electron chi connectivity index (χ0n) is 15.4. The van der Waals surface area contributed by atoms with Crippen molar-refractivity contribution in [2.24, 2.45) is 0 Å². The lowest BCUT2D eigenvalue weighted by molar-refractivity contribution is 0.283. The molecule has 146 valence electrons. The lowest BCUT2D eigenvalue weighted by atomic mass is 10.00. The Kier molecular flexibility index (Phi) is 9.06. The van der Waals surface area contributed by atoms with Crippen molar-refractivity contribution in [1.82, 2.24) is 0 Å². The van der Waals surface area contributed by atoms with Crippen molar-refractivity contribution in [3.63, 3.8) is 0 Å². The maximum absolute atomic E-state index is 13.7. The van der Waals surface area contributed by atoms with E-state index in [0.717, 1.165) is 18.7 Å². The summed E-state index contributed by atoms with van der Waals surface area (Å²) in [6.45, 7) is 2.53. The quantitative estimate of drug-likeness (QED) is 0.732. The molecule has 0 bridgehead atoms. The van der Waals surface area contributed by atoms with Gasteiger partial charge in [-0.15, -0.1) is 0 Å². The second-order valence-corrected chi connectivity index (χ2v) is 8.02. The minimum atomic E-state index is -3.46. The van der Waals surface area contributed by atoms with Gasteiger partial charge in [-0.25, -0.2) is 17.2 Å². The molecule has 0 aliphatic rings. The number of halogens is 2. The van der Waals surface area contributed by atoms with Gasteiger partial charge in [0.25, 0.3) is 0 Å². The number of nitriles is 1. The molecule has 0 radical (unpaired) electrons. The molecule has 0 amide bonds. The molecule has 7 heteroatoms. The molecular formula is C20H23F2NO3S. The van der Waals surface area contributed by atoms with Crippen LogP contribution >= 0.6 is 0 Å². The van der Waals surface area contributed by atoms with E-state index in [9.17, 15) is 17.2 Å². The monoisotopic (exact) mass is 395 g/mol. The highest BCUT2D eigenvalue weighted by Crippen LogP contribution is 2.28. The second-order valence-electron chi connectivity index (χ2n) is 6.00. The van der Waals surface area contributed by atoms with E-state index < -0.39 is 21.5 Å². The SMILES string of the molecule is CCCCCCO.CS(=O)(=O)c1ccc(-c2ccc(F)cc2F)c(C#N)c1. The number of aliphatic hydroxyl groups is 1. The molecule has 2 aromatic carbocycles. The Morgan fingerprint density at radius 3 is 2.22 bits per heavy atom. The van der Waals surface area contributed by atoms with Crippen molar-refractivity contribution < 1.29 is 22.3 Å². The van der Waals surface area contributed by atoms with Crippen LogP contribution in [0.1, 0.15) is 38.2 Å².